The molecule has 6 aromatic rings. The zero-order chi connectivity index (χ0) is 42.7. The Kier molecular flexibility index (Phi) is 9.07. The Balaban J connectivity index is 1.33. The molecule has 1 saturated carbocycles. The molecule has 2 aliphatic rings. The molecule has 24 heteroatoms. The van der Waals surface area contributed by atoms with E-state index in [4.69, 9.17) is 16.3 Å². The maximum Gasteiger partial charge on any atom is 0.321 e. The third-order valence-electron chi connectivity index (χ3n) is 10.2. The number of aryl methyl sites for hydroxylation is 1. The minimum absolute atomic E-state index is 0.00942. The normalized spacial score (nSPS) is 19.9. The molecule has 4 N–H and O–H groups in total. The fraction of sp³-hybridized carbons (Fsp3) is 0.314. The van der Waals surface area contributed by atoms with Crippen molar-refractivity contribution in [2.75, 3.05) is 18.1 Å². The number of rotatable bonds is 11. The van der Waals surface area contributed by atoms with E-state index in [2.05, 4.69) is 30.2 Å². The number of aromatic nitrogens is 7. The molecule has 1 fully saturated rings. The van der Waals surface area contributed by atoms with Crippen molar-refractivity contribution in [2.24, 2.45) is 7.05 Å². The first-order valence-electron chi connectivity index (χ1n) is 17.1. The predicted molar refractivity (Wildman–Crippen MR) is 195 cm³/mol. The summed E-state index contributed by atoms with van der Waals surface area (Å²) in [5.74, 6) is -8.13. The van der Waals surface area contributed by atoms with Crippen LogP contribution in [0.15, 0.2) is 47.4 Å². The van der Waals surface area contributed by atoms with Gasteiger partial charge in [0.05, 0.1) is 47.2 Å². The number of carbonyl (C=O) groups is 1. The van der Waals surface area contributed by atoms with Gasteiger partial charge in [-0.2, -0.15) is 19.0 Å². The molecule has 0 spiro atoms. The number of ether oxygens (including phenoxy) is 1. The fourth-order valence-corrected chi connectivity index (χ4v) is 8.38. The van der Waals surface area contributed by atoms with Crippen LogP contribution in [0.2, 0.25) is 5.02 Å². The van der Waals surface area contributed by atoms with Crippen molar-refractivity contribution in [1.82, 2.24) is 39.4 Å². The summed E-state index contributed by atoms with van der Waals surface area (Å²) in [6, 6.07) is 4.70. The summed E-state index contributed by atoms with van der Waals surface area (Å²) in [6.45, 7) is -1.23. The molecule has 0 bridgehead atoms. The van der Waals surface area contributed by atoms with Crippen molar-refractivity contribution in [3.8, 4) is 11.4 Å². The number of fused-ring (bicyclic) bond motifs is 5. The number of nitrogens with zero attached hydrogens (tertiary/aromatic N) is 7. The van der Waals surface area contributed by atoms with Crippen LogP contribution in [0, 0.1) is 11.6 Å². The largest absolute Gasteiger partial charge is 0.495 e. The Hall–Kier alpha value is -5.78. The van der Waals surface area contributed by atoms with Crippen molar-refractivity contribution >= 4 is 55.3 Å². The molecule has 4 aromatic heterocycles. The molecular weight excluding hydrogens is 840 g/mol. The first kappa shape index (κ1) is 40.0. The molecule has 3 atom stereocenters. The number of halogens is 7. The van der Waals surface area contributed by atoms with Crippen molar-refractivity contribution in [1.29, 1.82) is 0 Å². The van der Waals surface area contributed by atoms with Crippen molar-refractivity contribution < 1.29 is 54.5 Å². The van der Waals surface area contributed by atoms with Crippen LogP contribution in [0.4, 0.5) is 32.2 Å². The first-order valence-corrected chi connectivity index (χ1v) is 19.4. The smallest absolute Gasteiger partial charge is 0.321 e. The number of carbonyl (C=O) groups excluding carboxylic acids is 1. The molecule has 2 aromatic carbocycles. The van der Waals surface area contributed by atoms with Crippen LogP contribution in [0.25, 0.3) is 27.6 Å². The number of alkyl halides is 4. The van der Waals surface area contributed by atoms with Crippen LogP contribution >= 0.6 is 11.6 Å². The van der Waals surface area contributed by atoms with Gasteiger partial charge in [-0.25, -0.2) is 35.9 Å². The second-order valence-electron chi connectivity index (χ2n) is 14.1. The topological polar surface area (TPSA) is 208 Å². The lowest BCUT2D eigenvalue weighted by molar-refractivity contribution is -0.156. The lowest BCUT2D eigenvalue weighted by Gasteiger charge is -2.24. The van der Waals surface area contributed by atoms with Crippen molar-refractivity contribution in [2.45, 2.75) is 49.0 Å². The van der Waals surface area contributed by atoms with Gasteiger partial charge >= 0.3 is 5.92 Å². The number of hydrogen-bond donors (Lipinski definition) is 4. The standard InChI is InChI=1S/C35H28ClF6N9O7S/c1-49-27-21(5-4-18(36)23(27)30(47-49)48-59(3,56)57)51-31(45-19-10-17(58-2)11-43-25(19)32(51)53)20(8-14-6-15(37)9-16(38)7-14)44-22(52)12-50-28-24(26(46-50)29(39)40)33(54)13-34(33,55)35(28,41)42/h4-7,9-11,20,29,54-55H,8,12-13H2,1-3H3,(H,44,52)(H,47,48)/t20-,33+,34+/m0/s1. The quantitative estimate of drug-likeness (QED) is 0.138. The summed E-state index contributed by atoms with van der Waals surface area (Å²) in [6.07, 6.45) is -2.96. The second kappa shape index (κ2) is 13.4. The van der Waals surface area contributed by atoms with E-state index in [1.165, 1.54) is 43.2 Å². The molecule has 1 amide bonds. The number of benzene rings is 2. The Labute approximate surface area is 332 Å². The number of pyridine rings is 1. The molecule has 59 heavy (non-hydrogen) atoms. The Morgan fingerprint density at radius 1 is 1.10 bits per heavy atom. The Morgan fingerprint density at radius 2 is 1.80 bits per heavy atom. The average Bonchev–Trinajstić information content (AvgIpc) is 3.34. The van der Waals surface area contributed by atoms with Gasteiger partial charge in [-0.3, -0.25) is 28.2 Å². The van der Waals surface area contributed by atoms with Gasteiger partial charge in [-0.15, -0.1) is 0 Å². The van der Waals surface area contributed by atoms with E-state index in [1.807, 2.05) is 0 Å². The van der Waals surface area contributed by atoms with Gasteiger partial charge in [-0.1, -0.05) is 11.6 Å². The summed E-state index contributed by atoms with van der Waals surface area (Å²) in [5.41, 5.74) is -11.0. The number of amides is 1. The highest BCUT2D eigenvalue weighted by atomic mass is 35.5. The molecule has 310 valence electrons. The Bertz CT molecular complexity index is 2940. The van der Waals surface area contributed by atoms with Crippen LogP contribution < -0.4 is 20.3 Å². The van der Waals surface area contributed by atoms with E-state index in [9.17, 15) is 45.8 Å². The SMILES string of the molecule is COc1cnc2c(=O)n(-c3ccc(Cl)c4c(NS(C)(=O)=O)nn(C)c34)c([C@H](Cc3cc(F)cc(F)c3)NC(=O)Cn3nc(C(F)F)c4c3C(F)(F)[C@@]3(O)C[C@@]43O)nc2c1. The summed E-state index contributed by atoms with van der Waals surface area (Å²) in [4.78, 5) is 37.4. The number of anilines is 1. The summed E-state index contributed by atoms with van der Waals surface area (Å²) in [7, 11) is -1.24. The first-order chi connectivity index (χ1) is 27.6. The van der Waals surface area contributed by atoms with Gasteiger partial charge in [0.15, 0.2) is 16.9 Å². The fourth-order valence-electron chi connectivity index (χ4n) is 7.64. The third kappa shape index (κ3) is 6.25. The zero-order valence-corrected chi connectivity index (χ0v) is 32.0. The average molecular weight is 868 g/mol. The molecule has 8 rings (SSSR count). The zero-order valence-electron chi connectivity index (χ0n) is 30.4. The minimum atomic E-state index is -4.34. The van der Waals surface area contributed by atoms with Crippen molar-refractivity contribution in [3.05, 3.63) is 97.9 Å². The summed E-state index contributed by atoms with van der Waals surface area (Å²) in [5, 5.41) is 31.5. The van der Waals surface area contributed by atoms with Gasteiger partial charge in [-0.05, 0) is 29.8 Å². The van der Waals surface area contributed by atoms with Gasteiger partial charge < -0.3 is 20.3 Å². The molecule has 0 radical (unpaired) electrons. The van der Waals surface area contributed by atoms with Gasteiger partial charge in [0, 0.05) is 37.6 Å². The molecule has 4 heterocycles. The highest BCUT2D eigenvalue weighted by Crippen LogP contribution is 2.73. The minimum Gasteiger partial charge on any atom is -0.495 e. The van der Waals surface area contributed by atoms with E-state index < -0.39 is 99.1 Å². The molecule has 16 nitrogen and oxygen atoms in total. The molecule has 0 unspecified atom stereocenters. The third-order valence-corrected chi connectivity index (χ3v) is 11.1. The van der Waals surface area contributed by atoms with E-state index in [0.717, 1.165) is 23.0 Å². The highest BCUT2D eigenvalue weighted by molar-refractivity contribution is 7.92. The summed E-state index contributed by atoms with van der Waals surface area (Å²) >= 11 is 6.54. The number of methoxy groups -OCH3 is 1. The van der Waals surface area contributed by atoms with E-state index in [-0.39, 0.29) is 60.3 Å². The van der Waals surface area contributed by atoms with Gasteiger partial charge in [0.2, 0.25) is 15.9 Å². The van der Waals surface area contributed by atoms with Crippen LogP contribution in [0.1, 0.15) is 47.2 Å². The van der Waals surface area contributed by atoms with E-state index in [0.29, 0.717) is 6.07 Å². The highest BCUT2D eigenvalue weighted by Gasteiger charge is 2.87. The number of sulfonamides is 1. The van der Waals surface area contributed by atoms with Gasteiger partial charge in [0.25, 0.3) is 12.0 Å². The molecule has 0 saturated heterocycles. The Morgan fingerprint density at radius 3 is 2.44 bits per heavy atom. The van der Waals surface area contributed by atoms with E-state index >= 15 is 8.78 Å². The van der Waals surface area contributed by atoms with Gasteiger partial charge in [0.1, 0.15) is 52.3 Å². The number of hydrogen-bond acceptors (Lipinski definition) is 11. The van der Waals surface area contributed by atoms with Crippen LogP contribution in [0.5, 0.6) is 5.75 Å². The predicted octanol–water partition coefficient (Wildman–Crippen LogP) is 3.64. The monoisotopic (exact) mass is 867 g/mol. The van der Waals surface area contributed by atoms with Crippen molar-refractivity contribution in [3.63, 3.8) is 0 Å². The molecular formula is C35H28ClF6N9O7S. The lowest BCUT2D eigenvalue weighted by atomic mass is 10.0. The number of nitrogens with one attached hydrogen (secondary N) is 2. The summed E-state index contributed by atoms with van der Waals surface area (Å²) < 4.78 is 123. The maximum absolute atomic E-state index is 15.6. The molecule has 2 aliphatic carbocycles. The van der Waals surface area contributed by atoms with Crippen LogP contribution in [-0.4, -0.2) is 77.6 Å². The maximum atomic E-state index is 15.6. The van der Waals surface area contributed by atoms with Crippen LogP contribution in [0.3, 0.4) is 0 Å². The van der Waals surface area contributed by atoms with E-state index in [1.54, 1.807) is 0 Å². The number of aliphatic hydroxyl groups is 2. The second-order valence-corrected chi connectivity index (χ2v) is 16.3. The lowest BCUT2D eigenvalue weighted by Crippen LogP contribution is -2.39. The molecule has 0 aliphatic heterocycles. The van der Waals surface area contributed by atoms with Crippen LogP contribution in [-0.2, 0) is 46.4 Å².